The van der Waals surface area contributed by atoms with E-state index in [4.69, 9.17) is 0 Å². The lowest BCUT2D eigenvalue weighted by molar-refractivity contribution is 0.250. The Bertz CT molecular complexity index is 2830. The van der Waals surface area contributed by atoms with Crippen LogP contribution in [0.15, 0.2) is 97.3 Å². The molecule has 4 aromatic heterocycles. The van der Waals surface area contributed by atoms with Crippen molar-refractivity contribution in [1.29, 1.82) is 0 Å². The molecule has 2 N–H and O–H groups in total. The van der Waals surface area contributed by atoms with Gasteiger partial charge in [0.2, 0.25) is 0 Å². The summed E-state index contributed by atoms with van der Waals surface area (Å²) < 4.78 is 88.0. The van der Waals surface area contributed by atoms with Gasteiger partial charge in [-0.1, -0.05) is 12.1 Å². The molecule has 0 saturated heterocycles. The largest absolute Gasteiger partial charge is 0.340 e. The van der Waals surface area contributed by atoms with E-state index < -0.39 is 40.8 Å². The first-order valence-corrected chi connectivity index (χ1v) is 17.6. The Kier molecular flexibility index (Phi) is 10.6. The van der Waals surface area contributed by atoms with E-state index in [0.29, 0.717) is 50.1 Å². The Morgan fingerprint density at radius 3 is 1.62 bits per heavy atom. The van der Waals surface area contributed by atoms with Gasteiger partial charge in [-0.05, 0) is 97.8 Å². The van der Waals surface area contributed by atoms with Gasteiger partial charge in [-0.3, -0.25) is 0 Å². The van der Waals surface area contributed by atoms with Crippen molar-refractivity contribution in [3.63, 3.8) is 0 Å². The number of fused-ring (bicyclic) bond motifs is 2. The molecule has 2 amide bonds. The molecule has 4 heterocycles. The summed E-state index contributed by atoms with van der Waals surface area (Å²) in [5.41, 5.74) is 2.57. The number of carbonyl (C=O) groups is 1. The normalized spacial score (nSPS) is 11.1. The van der Waals surface area contributed by atoms with Crippen LogP contribution in [0.3, 0.4) is 0 Å². The lowest BCUT2D eigenvalue weighted by Crippen LogP contribution is -2.36. The second kappa shape index (κ2) is 15.7. The molecular weight excluding hydrogens is 761 g/mol. The molecule has 4 aromatic carbocycles. The van der Waals surface area contributed by atoms with Gasteiger partial charge in [0.25, 0.3) is 0 Å². The van der Waals surface area contributed by atoms with Gasteiger partial charge < -0.3 is 19.8 Å². The molecule has 0 aliphatic rings. The van der Waals surface area contributed by atoms with E-state index in [9.17, 15) is 31.1 Å². The van der Waals surface area contributed by atoms with E-state index in [0.717, 1.165) is 17.0 Å². The summed E-state index contributed by atoms with van der Waals surface area (Å²) in [6.07, 6.45) is 3.48. The standard InChI is InChI=1S/C22H18F3N5O.C20H15F3N4/c1-12-11-13(23)7-8-14(12)19-27-20-15(9-10-29(20)3)21(28-19)30(22(31)26-2)18-16(24)5-4-6-17(18)25;1-11-10-12(21)6-7-13(11)18-25-19(14-8-9-27(2)20(14)26-18)24-17-15(22)4-3-5-16(17)23/h4-11H,1-3H3,(H,26,31);3-10H,1-2H3,(H,24,25,26). The van der Waals surface area contributed by atoms with Crippen molar-refractivity contribution in [2.75, 3.05) is 17.3 Å². The van der Waals surface area contributed by atoms with E-state index >= 15 is 0 Å². The zero-order valence-electron chi connectivity index (χ0n) is 31.5. The Morgan fingerprint density at radius 1 is 0.621 bits per heavy atom. The molecule has 0 spiro atoms. The highest BCUT2D eigenvalue weighted by Gasteiger charge is 2.29. The number of hydrogen-bond acceptors (Lipinski definition) is 6. The third-order valence-corrected chi connectivity index (χ3v) is 9.28. The van der Waals surface area contributed by atoms with Crippen LogP contribution in [0, 0.1) is 48.8 Å². The molecular formula is C42H33F6N9O. The maximum atomic E-state index is 14.7. The van der Waals surface area contributed by atoms with Gasteiger partial charge in [0, 0.05) is 44.7 Å². The quantitative estimate of drug-likeness (QED) is 0.163. The van der Waals surface area contributed by atoms with Crippen molar-refractivity contribution in [1.82, 2.24) is 34.4 Å². The maximum Gasteiger partial charge on any atom is 0.327 e. The number of nitrogens with zero attached hydrogens (tertiary/aromatic N) is 7. The van der Waals surface area contributed by atoms with Crippen LogP contribution >= 0.6 is 0 Å². The summed E-state index contributed by atoms with van der Waals surface area (Å²) in [7, 11) is 4.90. The molecule has 0 bridgehead atoms. The fraction of sp³-hybridized carbons (Fsp3) is 0.119. The molecule has 10 nitrogen and oxygen atoms in total. The van der Waals surface area contributed by atoms with Crippen LogP contribution in [0.5, 0.6) is 0 Å². The van der Waals surface area contributed by atoms with Crippen LogP contribution in [0.1, 0.15) is 11.1 Å². The number of halogens is 6. The predicted octanol–water partition coefficient (Wildman–Crippen LogP) is 9.94. The smallest absolute Gasteiger partial charge is 0.327 e. The SMILES string of the molecule is CNC(=O)N(c1c(F)cccc1F)c1nc(-c2ccc(F)cc2C)nc2c1ccn2C.Cc1cc(F)ccc1-c1nc(Nc2c(F)cccc2F)c2ccn(C)c2n1. The summed E-state index contributed by atoms with van der Waals surface area (Å²) in [6, 6.07) is 18.0. The Labute approximate surface area is 327 Å². The first-order chi connectivity index (χ1) is 27.7. The molecule has 16 heteroatoms. The third-order valence-electron chi connectivity index (χ3n) is 9.28. The third kappa shape index (κ3) is 7.38. The molecule has 8 rings (SSSR count). The van der Waals surface area contributed by atoms with Crippen molar-refractivity contribution < 1.29 is 31.1 Å². The summed E-state index contributed by atoms with van der Waals surface area (Å²) >= 11 is 0. The number of aryl methyl sites for hydroxylation is 4. The monoisotopic (exact) mass is 793 g/mol. The maximum absolute atomic E-state index is 14.7. The van der Waals surface area contributed by atoms with Gasteiger partial charge in [0.1, 0.15) is 63.4 Å². The average Bonchev–Trinajstić information content (AvgIpc) is 3.76. The molecule has 58 heavy (non-hydrogen) atoms. The molecule has 294 valence electrons. The molecule has 0 aliphatic carbocycles. The van der Waals surface area contributed by atoms with Crippen LogP contribution < -0.4 is 15.5 Å². The summed E-state index contributed by atoms with van der Waals surface area (Å²) in [5.74, 6) is -3.29. The summed E-state index contributed by atoms with van der Waals surface area (Å²) in [5, 5.41) is 6.18. The van der Waals surface area contributed by atoms with Gasteiger partial charge in [-0.2, -0.15) is 0 Å². The average molecular weight is 794 g/mol. The van der Waals surface area contributed by atoms with Gasteiger partial charge in [0.05, 0.1) is 10.8 Å². The van der Waals surface area contributed by atoms with E-state index in [1.807, 2.05) is 7.05 Å². The zero-order chi connectivity index (χ0) is 41.4. The number of para-hydroxylation sites is 2. The number of nitrogens with one attached hydrogen (secondary N) is 2. The number of anilines is 4. The molecule has 0 radical (unpaired) electrons. The fourth-order valence-corrected chi connectivity index (χ4v) is 6.37. The summed E-state index contributed by atoms with van der Waals surface area (Å²) in [4.78, 5) is 31.7. The van der Waals surface area contributed by atoms with Crippen molar-refractivity contribution in [2.24, 2.45) is 14.1 Å². The van der Waals surface area contributed by atoms with Crippen molar-refractivity contribution in [3.8, 4) is 22.8 Å². The lowest BCUT2D eigenvalue weighted by atomic mass is 10.1. The number of hydrogen-bond donors (Lipinski definition) is 2. The van der Waals surface area contributed by atoms with Crippen LogP contribution in [0.4, 0.5) is 54.1 Å². The fourth-order valence-electron chi connectivity index (χ4n) is 6.37. The van der Waals surface area contributed by atoms with Crippen LogP contribution in [0.25, 0.3) is 44.8 Å². The second-order valence-electron chi connectivity index (χ2n) is 13.2. The topological polar surface area (TPSA) is 106 Å². The second-order valence-corrected chi connectivity index (χ2v) is 13.2. The van der Waals surface area contributed by atoms with Crippen LogP contribution in [-0.4, -0.2) is 42.1 Å². The molecule has 8 aromatic rings. The minimum absolute atomic E-state index is 0.00678. The molecule has 0 unspecified atom stereocenters. The van der Waals surface area contributed by atoms with E-state index in [1.165, 1.54) is 61.6 Å². The van der Waals surface area contributed by atoms with E-state index in [-0.39, 0.29) is 29.0 Å². The van der Waals surface area contributed by atoms with E-state index in [1.54, 1.807) is 60.6 Å². The number of urea groups is 1. The van der Waals surface area contributed by atoms with Gasteiger partial charge in [-0.15, -0.1) is 0 Å². The van der Waals surface area contributed by atoms with Crippen molar-refractivity contribution in [2.45, 2.75) is 13.8 Å². The Hall–Kier alpha value is -7.23. The number of carbonyl (C=O) groups excluding carboxylic acids is 1. The van der Waals surface area contributed by atoms with E-state index in [2.05, 4.69) is 30.6 Å². The minimum Gasteiger partial charge on any atom is -0.340 e. The highest BCUT2D eigenvalue weighted by molar-refractivity contribution is 6.05. The highest BCUT2D eigenvalue weighted by Crippen LogP contribution is 2.36. The number of amides is 2. The molecule has 0 fully saturated rings. The van der Waals surface area contributed by atoms with Crippen LogP contribution in [0.2, 0.25) is 0 Å². The van der Waals surface area contributed by atoms with Gasteiger partial charge in [0.15, 0.2) is 17.5 Å². The first-order valence-electron chi connectivity index (χ1n) is 17.6. The first kappa shape index (κ1) is 39.0. The van der Waals surface area contributed by atoms with Crippen molar-refractivity contribution in [3.05, 3.63) is 143 Å². The zero-order valence-corrected chi connectivity index (χ0v) is 31.5. The highest BCUT2D eigenvalue weighted by atomic mass is 19.2. The Balaban J connectivity index is 0.000000178. The summed E-state index contributed by atoms with van der Waals surface area (Å²) in [6.45, 7) is 3.45. The minimum atomic E-state index is -0.925. The molecule has 0 atom stereocenters. The van der Waals surface area contributed by atoms with Gasteiger partial charge >= 0.3 is 6.03 Å². The van der Waals surface area contributed by atoms with Gasteiger partial charge in [-0.25, -0.2) is 56.0 Å². The van der Waals surface area contributed by atoms with Crippen LogP contribution in [-0.2, 0) is 14.1 Å². The number of aromatic nitrogens is 6. The number of rotatable bonds is 6. The molecule has 0 saturated carbocycles. The number of benzene rings is 4. The Morgan fingerprint density at radius 2 is 1.10 bits per heavy atom. The van der Waals surface area contributed by atoms with Crippen molar-refractivity contribution >= 4 is 51.1 Å². The lowest BCUT2D eigenvalue weighted by Gasteiger charge is -2.23. The predicted molar refractivity (Wildman–Crippen MR) is 210 cm³/mol. The molecule has 0 aliphatic heterocycles.